The van der Waals surface area contributed by atoms with Crippen LogP contribution in [-0.2, 0) is 9.13 Å². The first-order chi connectivity index (χ1) is 7.40. The van der Waals surface area contributed by atoms with Gasteiger partial charge in [0, 0.05) is 17.3 Å². The topological polar surface area (TPSA) is 128 Å². The van der Waals surface area contributed by atoms with Crippen LogP contribution in [0, 0.1) is 0 Å². The minimum Gasteiger partial charge on any atom is -0.326 e. The van der Waals surface area contributed by atoms with Crippen molar-refractivity contribution in [2.45, 2.75) is 4.90 Å². The zero-order valence-corrected chi connectivity index (χ0v) is 11.1. The van der Waals surface area contributed by atoms with Gasteiger partial charge in [-0.2, -0.15) is 0 Å². The van der Waals surface area contributed by atoms with E-state index in [9.17, 15) is 0 Å². The SMILES string of the molecule is CSc1cccnc1.O=[PH](O)O.O=[PH](O)O. The van der Waals surface area contributed by atoms with E-state index in [1.165, 1.54) is 4.90 Å². The lowest BCUT2D eigenvalue weighted by molar-refractivity contribution is 0.403. The van der Waals surface area contributed by atoms with Crippen molar-refractivity contribution < 1.29 is 28.7 Å². The summed E-state index contributed by atoms with van der Waals surface area (Å²) in [5.41, 5.74) is 0. The summed E-state index contributed by atoms with van der Waals surface area (Å²) in [6.07, 6.45) is 5.67. The van der Waals surface area contributed by atoms with Crippen LogP contribution in [0.1, 0.15) is 0 Å². The summed E-state index contributed by atoms with van der Waals surface area (Å²) in [5.74, 6) is 0. The van der Waals surface area contributed by atoms with Gasteiger partial charge in [0.15, 0.2) is 0 Å². The first-order valence-corrected chi connectivity index (χ1v) is 7.51. The van der Waals surface area contributed by atoms with E-state index in [1.807, 2.05) is 24.6 Å². The zero-order valence-electron chi connectivity index (χ0n) is 8.27. The molecule has 7 nitrogen and oxygen atoms in total. The molecule has 10 heteroatoms. The van der Waals surface area contributed by atoms with Gasteiger partial charge in [-0.3, -0.25) is 14.1 Å². The van der Waals surface area contributed by atoms with E-state index >= 15 is 0 Å². The van der Waals surface area contributed by atoms with E-state index in [-0.39, 0.29) is 0 Å². The Hall–Kier alpha value is -0.200. The third-order valence-corrected chi connectivity index (χ3v) is 1.58. The zero-order chi connectivity index (χ0) is 13.0. The molecule has 0 aromatic carbocycles. The van der Waals surface area contributed by atoms with Gasteiger partial charge in [-0.1, -0.05) is 0 Å². The maximum Gasteiger partial charge on any atom is 0.314 e. The van der Waals surface area contributed by atoms with Crippen molar-refractivity contribution in [3.05, 3.63) is 24.5 Å². The third-order valence-electron chi connectivity index (χ3n) is 0.870. The largest absolute Gasteiger partial charge is 0.326 e. The smallest absolute Gasteiger partial charge is 0.314 e. The lowest BCUT2D eigenvalue weighted by Crippen LogP contribution is -1.69. The van der Waals surface area contributed by atoms with Crippen molar-refractivity contribution in [1.82, 2.24) is 4.98 Å². The number of thioether (sulfide) groups is 1. The van der Waals surface area contributed by atoms with Crippen molar-refractivity contribution in [2.75, 3.05) is 6.26 Å². The molecule has 1 heterocycles. The average Bonchev–Trinajstić information content (AvgIpc) is 2.17. The molecule has 4 N–H and O–H groups in total. The van der Waals surface area contributed by atoms with Gasteiger partial charge >= 0.3 is 16.5 Å². The Labute approximate surface area is 98.1 Å². The molecule has 0 unspecified atom stereocenters. The molecule has 0 aliphatic heterocycles. The average molecular weight is 289 g/mol. The molecule has 0 aliphatic rings. The molecule has 0 atom stereocenters. The van der Waals surface area contributed by atoms with Crippen molar-refractivity contribution >= 4 is 28.3 Å². The highest BCUT2D eigenvalue weighted by Gasteiger charge is 1.81. The first-order valence-electron chi connectivity index (χ1n) is 3.68. The van der Waals surface area contributed by atoms with Crippen LogP contribution in [0.5, 0.6) is 0 Å². The van der Waals surface area contributed by atoms with Crippen LogP contribution in [0.3, 0.4) is 0 Å². The molecule has 0 aliphatic carbocycles. The predicted octanol–water partition coefficient (Wildman–Crippen LogP) is 0.525. The Morgan fingerprint density at radius 2 is 1.62 bits per heavy atom. The predicted molar refractivity (Wildman–Crippen MR) is 62.9 cm³/mol. The highest BCUT2D eigenvalue weighted by Crippen LogP contribution is 2.09. The fraction of sp³-hybridized carbons (Fsp3) is 0.167. The summed E-state index contributed by atoms with van der Waals surface area (Å²) in [7, 11) is -6.26. The molecule has 1 aromatic heterocycles. The number of aromatic nitrogens is 1. The van der Waals surface area contributed by atoms with Crippen LogP contribution in [0.15, 0.2) is 29.4 Å². The Morgan fingerprint density at radius 1 is 1.19 bits per heavy atom. The minimum atomic E-state index is -3.13. The van der Waals surface area contributed by atoms with Gasteiger partial charge in [-0.15, -0.1) is 11.8 Å². The molecule has 16 heavy (non-hydrogen) atoms. The highest BCUT2D eigenvalue weighted by molar-refractivity contribution is 7.98. The fourth-order valence-electron chi connectivity index (χ4n) is 0.468. The van der Waals surface area contributed by atoms with Crippen molar-refractivity contribution in [3.8, 4) is 0 Å². The number of pyridine rings is 1. The van der Waals surface area contributed by atoms with Crippen molar-refractivity contribution in [2.24, 2.45) is 0 Å². The molecule has 0 fully saturated rings. The molecule has 0 spiro atoms. The van der Waals surface area contributed by atoms with Gasteiger partial charge in [0.1, 0.15) is 0 Å². The summed E-state index contributed by atoms with van der Waals surface area (Å²) in [6, 6.07) is 3.98. The Bertz CT molecular complexity index is 291. The summed E-state index contributed by atoms with van der Waals surface area (Å²) in [6.45, 7) is 0. The minimum absolute atomic E-state index is 1.22. The van der Waals surface area contributed by atoms with E-state index < -0.39 is 16.5 Å². The maximum atomic E-state index is 8.74. The fourth-order valence-corrected chi connectivity index (χ4v) is 0.849. The highest BCUT2D eigenvalue weighted by atomic mass is 32.2. The number of hydrogen-bond donors (Lipinski definition) is 4. The van der Waals surface area contributed by atoms with Crippen molar-refractivity contribution in [1.29, 1.82) is 0 Å². The van der Waals surface area contributed by atoms with E-state index in [4.69, 9.17) is 28.7 Å². The molecule has 1 aromatic rings. The van der Waals surface area contributed by atoms with Gasteiger partial charge in [0.25, 0.3) is 0 Å². The van der Waals surface area contributed by atoms with E-state index in [0.29, 0.717) is 0 Å². The van der Waals surface area contributed by atoms with Crippen LogP contribution < -0.4 is 0 Å². The molecule has 0 amide bonds. The number of nitrogens with zero attached hydrogens (tertiary/aromatic N) is 1. The van der Waals surface area contributed by atoms with Crippen LogP contribution in [0.2, 0.25) is 0 Å². The van der Waals surface area contributed by atoms with Gasteiger partial charge in [-0.25, -0.2) is 0 Å². The molecular weight excluding hydrogens is 276 g/mol. The summed E-state index contributed by atoms with van der Waals surface area (Å²) < 4.78 is 17.5. The molecular formula is C6H13NO6P2S. The van der Waals surface area contributed by atoms with Crippen LogP contribution in [-0.4, -0.2) is 30.8 Å². The molecule has 0 radical (unpaired) electrons. The Kier molecular flexibility index (Phi) is 14.6. The Balaban J connectivity index is 0. The maximum absolute atomic E-state index is 8.74. The van der Waals surface area contributed by atoms with Crippen molar-refractivity contribution in [3.63, 3.8) is 0 Å². The van der Waals surface area contributed by atoms with Gasteiger partial charge in [0.05, 0.1) is 0 Å². The molecule has 0 saturated carbocycles. The number of hydrogen-bond acceptors (Lipinski definition) is 4. The second-order valence-electron chi connectivity index (χ2n) is 1.96. The molecule has 0 saturated heterocycles. The van der Waals surface area contributed by atoms with Gasteiger partial charge in [-0.05, 0) is 18.4 Å². The van der Waals surface area contributed by atoms with Crippen LogP contribution in [0.4, 0.5) is 0 Å². The lowest BCUT2D eigenvalue weighted by atomic mass is 10.5. The summed E-state index contributed by atoms with van der Waals surface area (Å²) in [5, 5.41) is 0. The molecule has 0 bridgehead atoms. The lowest BCUT2D eigenvalue weighted by Gasteiger charge is -1.88. The summed E-state index contributed by atoms with van der Waals surface area (Å²) >= 11 is 1.71. The van der Waals surface area contributed by atoms with Gasteiger partial charge in [0.2, 0.25) is 0 Å². The first kappa shape index (κ1) is 18.2. The molecule has 1 rings (SSSR count). The second-order valence-corrected chi connectivity index (χ2v) is 3.97. The normalized spacial score (nSPS) is 8.94. The number of rotatable bonds is 1. The van der Waals surface area contributed by atoms with Gasteiger partial charge < -0.3 is 19.6 Å². The second kappa shape index (κ2) is 12.9. The summed E-state index contributed by atoms with van der Waals surface area (Å²) in [4.78, 5) is 33.8. The van der Waals surface area contributed by atoms with Crippen LogP contribution in [0.25, 0.3) is 0 Å². The Morgan fingerprint density at radius 3 is 1.81 bits per heavy atom. The third kappa shape index (κ3) is 23.5. The quantitative estimate of drug-likeness (QED) is 0.435. The van der Waals surface area contributed by atoms with E-state index in [2.05, 4.69) is 4.98 Å². The molecule has 94 valence electrons. The van der Waals surface area contributed by atoms with Crippen LogP contribution >= 0.6 is 28.3 Å². The van der Waals surface area contributed by atoms with E-state index in [1.54, 1.807) is 18.0 Å². The monoisotopic (exact) mass is 289 g/mol. The standard InChI is InChI=1S/C6H7NS.2H3O3P/c1-8-6-3-2-4-7-5-6;2*1-4(2)3/h2-5H,1H3;2*4H,(H2,1,2,3). The van der Waals surface area contributed by atoms with E-state index in [0.717, 1.165) is 0 Å².